The van der Waals surface area contributed by atoms with Crippen LogP contribution in [0.3, 0.4) is 0 Å². The molecule has 1 aliphatic rings. The summed E-state index contributed by atoms with van der Waals surface area (Å²) in [6, 6.07) is 2.05. The molecule has 4 nitrogen and oxygen atoms in total. The SMILES string of the molecule is CC(C)(C)S(=O)(=O)N1CC(C#N)C1. The maximum atomic E-state index is 11.7. The van der Waals surface area contributed by atoms with E-state index >= 15 is 0 Å². The molecule has 0 aromatic heterocycles. The summed E-state index contributed by atoms with van der Waals surface area (Å²) >= 11 is 0. The summed E-state index contributed by atoms with van der Waals surface area (Å²) in [5, 5.41) is 8.50. The molecular weight excluding hydrogens is 188 g/mol. The van der Waals surface area contributed by atoms with Crippen molar-refractivity contribution in [3.63, 3.8) is 0 Å². The van der Waals surface area contributed by atoms with E-state index in [9.17, 15) is 8.42 Å². The monoisotopic (exact) mass is 202 g/mol. The van der Waals surface area contributed by atoms with Gasteiger partial charge in [-0.1, -0.05) is 0 Å². The third kappa shape index (κ3) is 1.69. The maximum absolute atomic E-state index is 11.7. The fraction of sp³-hybridized carbons (Fsp3) is 0.875. The topological polar surface area (TPSA) is 61.2 Å². The molecule has 0 aromatic carbocycles. The normalized spacial score (nSPS) is 20.8. The lowest BCUT2D eigenvalue weighted by Crippen LogP contribution is -2.54. The quantitative estimate of drug-likeness (QED) is 0.624. The molecule has 1 heterocycles. The average molecular weight is 202 g/mol. The number of nitrogens with zero attached hydrogens (tertiary/aromatic N) is 2. The summed E-state index contributed by atoms with van der Waals surface area (Å²) in [7, 11) is -3.20. The van der Waals surface area contributed by atoms with Crippen molar-refractivity contribution >= 4 is 10.0 Å². The van der Waals surface area contributed by atoms with E-state index in [0.717, 1.165) is 0 Å². The van der Waals surface area contributed by atoms with Crippen LogP contribution in [0.4, 0.5) is 0 Å². The minimum absolute atomic E-state index is 0.114. The Labute approximate surface area is 79.2 Å². The van der Waals surface area contributed by atoms with Crippen LogP contribution in [0.25, 0.3) is 0 Å². The highest BCUT2D eigenvalue weighted by Crippen LogP contribution is 2.27. The first-order chi connectivity index (χ1) is 5.79. The summed E-state index contributed by atoms with van der Waals surface area (Å²) in [6.07, 6.45) is 0. The molecule has 1 aliphatic heterocycles. The van der Waals surface area contributed by atoms with E-state index in [0.29, 0.717) is 13.1 Å². The standard InChI is InChI=1S/C8H14N2O2S/c1-8(2,3)13(11,12)10-5-7(4-9)6-10/h7H,5-6H2,1-3H3. The van der Waals surface area contributed by atoms with Crippen LogP contribution in [0.1, 0.15) is 20.8 Å². The second-order valence-electron chi connectivity index (χ2n) is 4.26. The van der Waals surface area contributed by atoms with Crippen LogP contribution in [0.15, 0.2) is 0 Å². The molecule has 0 radical (unpaired) electrons. The van der Waals surface area contributed by atoms with Crippen LogP contribution in [0.2, 0.25) is 0 Å². The van der Waals surface area contributed by atoms with E-state index in [4.69, 9.17) is 5.26 Å². The van der Waals surface area contributed by atoms with Gasteiger partial charge < -0.3 is 0 Å². The van der Waals surface area contributed by atoms with Crippen molar-refractivity contribution in [2.75, 3.05) is 13.1 Å². The predicted octanol–water partition coefficient (Wildman–Crippen LogP) is 0.570. The zero-order chi connectivity index (χ0) is 10.3. The fourth-order valence-electron chi connectivity index (χ4n) is 1.10. The zero-order valence-electron chi connectivity index (χ0n) is 8.11. The number of sulfonamides is 1. The lowest BCUT2D eigenvalue weighted by molar-refractivity contribution is 0.242. The third-order valence-electron chi connectivity index (χ3n) is 2.14. The lowest BCUT2D eigenvalue weighted by atomic mass is 10.1. The van der Waals surface area contributed by atoms with Crippen LogP contribution < -0.4 is 0 Å². The zero-order valence-corrected chi connectivity index (χ0v) is 8.93. The Bertz CT molecular complexity index is 328. The number of hydrogen-bond acceptors (Lipinski definition) is 3. The van der Waals surface area contributed by atoms with E-state index in [1.165, 1.54) is 4.31 Å². The predicted molar refractivity (Wildman–Crippen MR) is 49.3 cm³/mol. The summed E-state index contributed by atoms with van der Waals surface area (Å²) in [5.41, 5.74) is 0. The van der Waals surface area contributed by atoms with Crippen molar-refractivity contribution < 1.29 is 8.42 Å². The number of hydrogen-bond donors (Lipinski definition) is 0. The molecule has 0 aromatic rings. The molecule has 1 rings (SSSR count). The van der Waals surface area contributed by atoms with Gasteiger partial charge in [-0.05, 0) is 20.8 Å². The van der Waals surface area contributed by atoms with Crippen LogP contribution in [-0.4, -0.2) is 30.6 Å². The molecule has 1 saturated heterocycles. The van der Waals surface area contributed by atoms with Gasteiger partial charge in [0.05, 0.1) is 16.7 Å². The third-order valence-corrected chi connectivity index (χ3v) is 4.67. The van der Waals surface area contributed by atoms with Gasteiger partial charge >= 0.3 is 0 Å². The van der Waals surface area contributed by atoms with E-state index in [2.05, 4.69) is 0 Å². The van der Waals surface area contributed by atoms with Gasteiger partial charge in [0.1, 0.15) is 0 Å². The van der Waals surface area contributed by atoms with Crippen LogP contribution in [0, 0.1) is 17.2 Å². The Morgan fingerprint density at radius 3 is 2.15 bits per heavy atom. The first kappa shape index (κ1) is 10.5. The lowest BCUT2D eigenvalue weighted by Gasteiger charge is -2.38. The smallest absolute Gasteiger partial charge is 0.212 e. The Kier molecular flexibility index (Phi) is 2.39. The Morgan fingerprint density at radius 1 is 1.38 bits per heavy atom. The first-order valence-corrected chi connectivity index (χ1v) is 5.62. The van der Waals surface area contributed by atoms with E-state index in [-0.39, 0.29) is 5.92 Å². The largest absolute Gasteiger partial charge is 0.219 e. The molecule has 13 heavy (non-hydrogen) atoms. The second kappa shape index (κ2) is 2.96. The Hall–Kier alpha value is -0.600. The van der Waals surface area contributed by atoms with Crippen molar-refractivity contribution in [1.82, 2.24) is 4.31 Å². The van der Waals surface area contributed by atoms with Gasteiger partial charge in [0, 0.05) is 13.1 Å². The number of nitriles is 1. The van der Waals surface area contributed by atoms with Crippen LogP contribution >= 0.6 is 0 Å². The molecular formula is C8H14N2O2S. The van der Waals surface area contributed by atoms with Crippen molar-refractivity contribution in [3.8, 4) is 6.07 Å². The van der Waals surface area contributed by atoms with Gasteiger partial charge in [0.25, 0.3) is 0 Å². The molecule has 0 atom stereocenters. The maximum Gasteiger partial charge on any atom is 0.219 e. The summed E-state index contributed by atoms with van der Waals surface area (Å²) < 4.78 is 24.0. The van der Waals surface area contributed by atoms with Gasteiger partial charge in [-0.15, -0.1) is 0 Å². The minimum Gasteiger partial charge on any atom is -0.212 e. The molecule has 0 spiro atoms. The van der Waals surface area contributed by atoms with Crippen molar-refractivity contribution in [3.05, 3.63) is 0 Å². The molecule has 0 unspecified atom stereocenters. The van der Waals surface area contributed by atoms with Gasteiger partial charge in [-0.3, -0.25) is 0 Å². The number of rotatable bonds is 1. The van der Waals surface area contributed by atoms with E-state index in [1.807, 2.05) is 6.07 Å². The van der Waals surface area contributed by atoms with Gasteiger partial charge in [-0.25, -0.2) is 8.42 Å². The van der Waals surface area contributed by atoms with E-state index in [1.54, 1.807) is 20.8 Å². The molecule has 0 bridgehead atoms. The Balaban J connectivity index is 2.73. The van der Waals surface area contributed by atoms with Crippen LogP contribution in [-0.2, 0) is 10.0 Å². The molecule has 74 valence electrons. The van der Waals surface area contributed by atoms with Crippen molar-refractivity contribution in [1.29, 1.82) is 5.26 Å². The molecule has 5 heteroatoms. The molecule has 0 saturated carbocycles. The Morgan fingerprint density at radius 2 is 1.85 bits per heavy atom. The van der Waals surface area contributed by atoms with Gasteiger partial charge in [0.2, 0.25) is 10.0 Å². The van der Waals surface area contributed by atoms with Gasteiger partial charge in [0.15, 0.2) is 0 Å². The molecule has 1 fully saturated rings. The van der Waals surface area contributed by atoms with Crippen molar-refractivity contribution in [2.45, 2.75) is 25.5 Å². The summed E-state index contributed by atoms with van der Waals surface area (Å²) in [6.45, 7) is 5.72. The molecule has 0 aliphatic carbocycles. The summed E-state index contributed by atoms with van der Waals surface area (Å²) in [4.78, 5) is 0. The minimum atomic E-state index is -3.20. The van der Waals surface area contributed by atoms with Crippen LogP contribution in [0.5, 0.6) is 0 Å². The molecule has 0 amide bonds. The fourth-order valence-corrected chi connectivity index (χ4v) is 2.63. The van der Waals surface area contributed by atoms with E-state index < -0.39 is 14.8 Å². The summed E-state index contributed by atoms with van der Waals surface area (Å²) in [5.74, 6) is -0.114. The highest BCUT2D eigenvalue weighted by Gasteiger charge is 2.42. The highest BCUT2D eigenvalue weighted by molar-refractivity contribution is 7.90. The second-order valence-corrected chi connectivity index (χ2v) is 6.95. The van der Waals surface area contributed by atoms with Crippen molar-refractivity contribution in [2.24, 2.45) is 5.92 Å². The molecule has 0 N–H and O–H groups in total. The van der Waals surface area contributed by atoms with Gasteiger partial charge in [-0.2, -0.15) is 9.57 Å². The first-order valence-electron chi connectivity index (χ1n) is 4.18. The highest BCUT2D eigenvalue weighted by atomic mass is 32.2. The average Bonchev–Trinajstić information content (AvgIpc) is 1.81.